The molecular formula is C12H16N2O2. The zero-order valence-electron chi connectivity index (χ0n) is 9.39. The molecule has 0 radical (unpaired) electrons. The highest BCUT2D eigenvalue weighted by Crippen LogP contribution is 2.29. The normalized spacial score (nSPS) is 20.1. The van der Waals surface area contributed by atoms with Gasteiger partial charge in [0.25, 0.3) is 0 Å². The highest BCUT2D eigenvalue weighted by Gasteiger charge is 2.26. The zero-order valence-corrected chi connectivity index (χ0v) is 9.39. The minimum Gasteiger partial charge on any atom is -0.478 e. The topological polar surface area (TPSA) is 53.4 Å². The molecule has 1 atom stereocenters. The number of anilines is 1. The fraction of sp³-hybridized carbons (Fsp3) is 0.500. The molecule has 86 valence electrons. The first-order valence-electron chi connectivity index (χ1n) is 5.68. The number of carboxylic acid groups (broad SMARTS) is 1. The van der Waals surface area contributed by atoms with E-state index >= 15 is 0 Å². The third-order valence-corrected chi connectivity index (χ3v) is 3.19. The van der Waals surface area contributed by atoms with Crippen molar-refractivity contribution in [3.63, 3.8) is 0 Å². The van der Waals surface area contributed by atoms with Crippen LogP contribution >= 0.6 is 0 Å². The average Bonchev–Trinajstić information content (AvgIpc) is 2.76. The van der Waals surface area contributed by atoms with Crippen molar-refractivity contribution in [1.82, 2.24) is 4.98 Å². The van der Waals surface area contributed by atoms with E-state index in [4.69, 9.17) is 5.11 Å². The summed E-state index contributed by atoms with van der Waals surface area (Å²) in [6.07, 6.45) is 6.44. The molecule has 0 unspecified atom stereocenters. The van der Waals surface area contributed by atoms with Crippen molar-refractivity contribution in [3.05, 3.63) is 24.0 Å². The van der Waals surface area contributed by atoms with Crippen molar-refractivity contribution in [3.8, 4) is 0 Å². The predicted molar refractivity (Wildman–Crippen MR) is 61.9 cm³/mol. The van der Waals surface area contributed by atoms with Crippen molar-refractivity contribution >= 4 is 11.7 Å². The molecule has 1 saturated heterocycles. The maximum atomic E-state index is 11.1. The monoisotopic (exact) mass is 220 g/mol. The van der Waals surface area contributed by atoms with Crippen molar-refractivity contribution in [1.29, 1.82) is 0 Å². The van der Waals surface area contributed by atoms with Crippen LogP contribution < -0.4 is 4.90 Å². The third kappa shape index (κ3) is 1.87. The molecule has 16 heavy (non-hydrogen) atoms. The lowest BCUT2D eigenvalue weighted by molar-refractivity contribution is 0.0697. The van der Waals surface area contributed by atoms with E-state index in [1.165, 1.54) is 6.20 Å². The summed E-state index contributed by atoms with van der Waals surface area (Å²) in [5, 5.41) is 9.12. The molecule has 0 amide bonds. The first-order chi connectivity index (χ1) is 7.74. The minimum atomic E-state index is -0.898. The van der Waals surface area contributed by atoms with Gasteiger partial charge in [0.1, 0.15) is 5.56 Å². The van der Waals surface area contributed by atoms with E-state index in [-0.39, 0.29) is 0 Å². The Balaban J connectivity index is 2.35. The standard InChI is InChI=1S/C12H16N2O2/c1-2-9-4-3-7-14(9)11-5-6-13-8-10(11)12(15)16/h5-6,8-9H,2-4,7H2,1H3,(H,15,16)/t9-/m1/s1. The molecule has 0 aromatic carbocycles. The van der Waals surface area contributed by atoms with Crippen molar-refractivity contribution < 1.29 is 9.90 Å². The molecule has 1 aromatic heterocycles. The van der Waals surface area contributed by atoms with Gasteiger partial charge in [-0.25, -0.2) is 4.79 Å². The van der Waals surface area contributed by atoms with Crippen LogP contribution in [0.25, 0.3) is 0 Å². The van der Waals surface area contributed by atoms with E-state index in [9.17, 15) is 4.79 Å². The Morgan fingerprint density at radius 3 is 3.19 bits per heavy atom. The van der Waals surface area contributed by atoms with E-state index in [2.05, 4.69) is 16.8 Å². The maximum absolute atomic E-state index is 11.1. The van der Waals surface area contributed by atoms with E-state index in [0.717, 1.165) is 31.5 Å². The van der Waals surface area contributed by atoms with E-state index < -0.39 is 5.97 Å². The van der Waals surface area contributed by atoms with Gasteiger partial charge in [0.05, 0.1) is 5.69 Å². The Hall–Kier alpha value is -1.58. The fourth-order valence-corrected chi connectivity index (χ4v) is 2.38. The van der Waals surface area contributed by atoms with Crippen LogP contribution in [-0.2, 0) is 0 Å². The summed E-state index contributed by atoms with van der Waals surface area (Å²) in [6, 6.07) is 2.28. The van der Waals surface area contributed by atoms with Crippen molar-refractivity contribution in [2.24, 2.45) is 0 Å². The molecule has 1 aromatic rings. The molecule has 1 N–H and O–H groups in total. The Morgan fingerprint density at radius 1 is 1.69 bits per heavy atom. The first kappa shape index (κ1) is 10.9. The number of aromatic nitrogens is 1. The van der Waals surface area contributed by atoms with Crippen molar-refractivity contribution in [2.45, 2.75) is 32.2 Å². The van der Waals surface area contributed by atoms with Gasteiger partial charge in [-0.3, -0.25) is 4.98 Å². The predicted octanol–water partition coefficient (Wildman–Crippen LogP) is 2.16. The lowest BCUT2D eigenvalue weighted by Crippen LogP contribution is -2.30. The smallest absolute Gasteiger partial charge is 0.339 e. The summed E-state index contributed by atoms with van der Waals surface area (Å²) in [4.78, 5) is 17.2. The molecule has 0 aliphatic carbocycles. The average molecular weight is 220 g/mol. The second-order valence-corrected chi connectivity index (χ2v) is 4.10. The summed E-state index contributed by atoms with van der Waals surface area (Å²) >= 11 is 0. The second-order valence-electron chi connectivity index (χ2n) is 4.10. The Kier molecular flexibility index (Phi) is 3.08. The highest BCUT2D eigenvalue weighted by atomic mass is 16.4. The van der Waals surface area contributed by atoms with Gasteiger partial charge in [-0.2, -0.15) is 0 Å². The molecule has 1 aliphatic rings. The van der Waals surface area contributed by atoms with Crippen LogP contribution in [0, 0.1) is 0 Å². The van der Waals surface area contributed by atoms with Gasteiger partial charge in [0.15, 0.2) is 0 Å². The van der Waals surface area contributed by atoms with Gasteiger partial charge in [-0.15, -0.1) is 0 Å². The van der Waals surface area contributed by atoms with Gasteiger partial charge in [-0.05, 0) is 25.3 Å². The zero-order chi connectivity index (χ0) is 11.5. The number of hydrogen-bond acceptors (Lipinski definition) is 3. The maximum Gasteiger partial charge on any atom is 0.339 e. The van der Waals surface area contributed by atoms with Crippen LogP contribution in [0.15, 0.2) is 18.5 Å². The fourth-order valence-electron chi connectivity index (χ4n) is 2.38. The molecule has 0 saturated carbocycles. The molecule has 0 spiro atoms. The Morgan fingerprint density at radius 2 is 2.50 bits per heavy atom. The second kappa shape index (κ2) is 4.51. The van der Waals surface area contributed by atoms with E-state index in [1.54, 1.807) is 12.3 Å². The van der Waals surface area contributed by atoms with Gasteiger partial charge >= 0.3 is 5.97 Å². The van der Waals surface area contributed by atoms with E-state index in [0.29, 0.717) is 11.6 Å². The van der Waals surface area contributed by atoms with Crippen LogP contribution in [0.5, 0.6) is 0 Å². The van der Waals surface area contributed by atoms with E-state index in [1.807, 2.05) is 0 Å². The number of rotatable bonds is 3. The number of carboxylic acids is 1. The minimum absolute atomic E-state index is 0.308. The summed E-state index contributed by atoms with van der Waals surface area (Å²) in [5.74, 6) is -0.898. The molecule has 4 nitrogen and oxygen atoms in total. The lowest BCUT2D eigenvalue weighted by atomic mass is 10.1. The van der Waals surface area contributed by atoms with Gasteiger partial charge in [0.2, 0.25) is 0 Å². The molecule has 0 bridgehead atoms. The number of hydrogen-bond donors (Lipinski definition) is 1. The molecule has 4 heteroatoms. The Labute approximate surface area is 94.9 Å². The summed E-state index contributed by atoms with van der Waals surface area (Å²) < 4.78 is 0. The number of nitrogens with zero attached hydrogens (tertiary/aromatic N) is 2. The number of aromatic carboxylic acids is 1. The third-order valence-electron chi connectivity index (χ3n) is 3.19. The lowest BCUT2D eigenvalue weighted by Gasteiger charge is -2.26. The molecule has 1 fully saturated rings. The highest BCUT2D eigenvalue weighted by molar-refractivity contribution is 5.94. The Bertz CT molecular complexity index is 392. The SMILES string of the molecule is CC[C@@H]1CCCN1c1ccncc1C(=O)O. The van der Waals surface area contributed by atoms with Crippen LogP contribution in [0.1, 0.15) is 36.5 Å². The first-order valence-corrected chi connectivity index (χ1v) is 5.68. The van der Waals surface area contributed by atoms with Gasteiger partial charge in [0, 0.05) is 25.0 Å². The summed E-state index contributed by atoms with van der Waals surface area (Å²) in [5.41, 5.74) is 1.12. The van der Waals surface area contributed by atoms with Crippen LogP contribution in [0.2, 0.25) is 0 Å². The summed E-state index contributed by atoms with van der Waals surface area (Å²) in [7, 11) is 0. The largest absolute Gasteiger partial charge is 0.478 e. The number of pyridine rings is 1. The van der Waals surface area contributed by atoms with Gasteiger partial charge in [-0.1, -0.05) is 6.92 Å². The van der Waals surface area contributed by atoms with Gasteiger partial charge < -0.3 is 10.0 Å². The molecule has 2 heterocycles. The number of carbonyl (C=O) groups is 1. The van der Waals surface area contributed by atoms with Crippen LogP contribution in [0.3, 0.4) is 0 Å². The quantitative estimate of drug-likeness (QED) is 0.848. The molecule has 1 aliphatic heterocycles. The van der Waals surface area contributed by atoms with Crippen LogP contribution in [0.4, 0.5) is 5.69 Å². The van der Waals surface area contributed by atoms with Crippen molar-refractivity contribution in [2.75, 3.05) is 11.4 Å². The summed E-state index contributed by atoms with van der Waals surface area (Å²) in [6.45, 7) is 3.09. The molecule has 2 rings (SSSR count). The molecular weight excluding hydrogens is 204 g/mol. The van der Waals surface area contributed by atoms with Crippen LogP contribution in [-0.4, -0.2) is 28.6 Å².